The van der Waals surface area contributed by atoms with Gasteiger partial charge in [-0.2, -0.15) is 0 Å². The Morgan fingerprint density at radius 3 is 2.19 bits per heavy atom. The third-order valence-corrected chi connectivity index (χ3v) is 3.28. The largest absolute Gasteiger partial charge is 0.324 e. The first-order valence-corrected chi connectivity index (χ1v) is 6.46. The topological polar surface area (TPSA) is 60.2 Å². The first kappa shape index (κ1) is 15.3. The number of nitrogens with two attached hydrogens (primary N) is 1. The third kappa shape index (κ3) is 4.08. The standard InChI is InChI=1S/C10H14FNO2S.ClH/c1-15(13,14)9-4-2-8(3-5-9)10(12)6-7-11;/h2-5,10H,6-7,12H2,1H3;1H/t10-;/m1./s1. The maximum absolute atomic E-state index is 12.0. The molecule has 1 aromatic carbocycles. The molecule has 1 atom stereocenters. The third-order valence-electron chi connectivity index (χ3n) is 2.16. The molecule has 2 N–H and O–H groups in total. The van der Waals surface area contributed by atoms with E-state index in [1.54, 1.807) is 12.1 Å². The molecule has 6 heteroatoms. The highest BCUT2D eigenvalue weighted by Crippen LogP contribution is 2.17. The number of hydrogen-bond acceptors (Lipinski definition) is 3. The van der Waals surface area contributed by atoms with Crippen molar-refractivity contribution in [3.63, 3.8) is 0 Å². The summed E-state index contributed by atoms with van der Waals surface area (Å²) in [6.45, 7) is -0.477. The maximum atomic E-state index is 12.0. The van der Waals surface area contributed by atoms with Gasteiger partial charge in [-0.3, -0.25) is 4.39 Å². The van der Waals surface area contributed by atoms with Gasteiger partial charge in [0.2, 0.25) is 0 Å². The molecule has 0 radical (unpaired) electrons. The van der Waals surface area contributed by atoms with Gasteiger partial charge in [-0.15, -0.1) is 12.4 Å². The van der Waals surface area contributed by atoms with Gasteiger partial charge in [0.15, 0.2) is 9.84 Å². The fourth-order valence-corrected chi connectivity index (χ4v) is 1.88. The van der Waals surface area contributed by atoms with Crippen molar-refractivity contribution in [2.24, 2.45) is 5.73 Å². The number of benzene rings is 1. The van der Waals surface area contributed by atoms with E-state index < -0.39 is 16.5 Å². The molecule has 0 fully saturated rings. The van der Waals surface area contributed by atoms with Crippen LogP contribution < -0.4 is 5.73 Å². The highest BCUT2D eigenvalue weighted by atomic mass is 35.5. The van der Waals surface area contributed by atoms with E-state index in [2.05, 4.69) is 0 Å². The molecule has 1 rings (SSSR count). The van der Waals surface area contributed by atoms with Crippen LogP contribution in [-0.2, 0) is 9.84 Å². The minimum Gasteiger partial charge on any atom is -0.324 e. The maximum Gasteiger partial charge on any atom is 0.175 e. The molecule has 92 valence electrons. The first-order chi connectivity index (χ1) is 6.95. The number of rotatable bonds is 4. The molecule has 1 aromatic rings. The monoisotopic (exact) mass is 267 g/mol. The van der Waals surface area contributed by atoms with Crippen LogP contribution in [0.4, 0.5) is 4.39 Å². The van der Waals surface area contributed by atoms with Crippen molar-refractivity contribution in [2.45, 2.75) is 17.4 Å². The molecule has 0 bridgehead atoms. The molecule has 0 aliphatic rings. The van der Waals surface area contributed by atoms with E-state index in [1.165, 1.54) is 12.1 Å². The number of hydrogen-bond donors (Lipinski definition) is 1. The van der Waals surface area contributed by atoms with E-state index >= 15 is 0 Å². The summed E-state index contributed by atoms with van der Waals surface area (Å²) in [4.78, 5) is 0.249. The second-order valence-electron chi connectivity index (χ2n) is 3.43. The Morgan fingerprint density at radius 2 is 1.81 bits per heavy atom. The lowest BCUT2D eigenvalue weighted by molar-refractivity contribution is 0.442. The lowest BCUT2D eigenvalue weighted by atomic mass is 10.1. The molecule has 0 saturated carbocycles. The summed E-state index contributed by atoms with van der Waals surface area (Å²) in [5.74, 6) is 0. The van der Waals surface area contributed by atoms with E-state index in [0.717, 1.165) is 11.8 Å². The van der Waals surface area contributed by atoms with Crippen molar-refractivity contribution in [2.75, 3.05) is 12.9 Å². The van der Waals surface area contributed by atoms with Crippen LogP contribution in [-0.4, -0.2) is 21.3 Å². The highest BCUT2D eigenvalue weighted by Gasteiger charge is 2.09. The summed E-state index contributed by atoms with van der Waals surface area (Å²) in [5.41, 5.74) is 6.43. The van der Waals surface area contributed by atoms with E-state index in [-0.39, 0.29) is 29.8 Å². The molecule has 0 unspecified atom stereocenters. The van der Waals surface area contributed by atoms with Crippen LogP contribution in [0.25, 0.3) is 0 Å². The average molecular weight is 268 g/mol. The van der Waals surface area contributed by atoms with Crippen LogP contribution in [0.3, 0.4) is 0 Å². The highest BCUT2D eigenvalue weighted by molar-refractivity contribution is 7.90. The van der Waals surface area contributed by atoms with Crippen molar-refractivity contribution in [1.82, 2.24) is 0 Å². The van der Waals surface area contributed by atoms with Gasteiger partial charge in [-0.25, -0.2) is 8.42 Å². The van der Waals surface area contributed by atoms with Gasteiger partial charge in [0.25, 0.3) is 0 Å². The van der Waals surface area contributed by atoms with Gasteiger partial charge in [0.1, 0.15) is 0 Å². The van der Waals surface area contributed by atoms with E-state index in [0.29, 0.717) is 0 Å². The molecular formula is C10H15ClFNO2S. The number of sulfone groups is 1. The molecule has 0 spiro atoms. The zero-order valence-electron chi connectivity index (χ0n) is 8.89. The summed E-state index contributed by atoms with van der Waals surface area (Å²) in [6, 6.07) is 5.85. The van der Waals surface area contributed by atoms with Crippen molar-refractivity contribution in [3.8, 4) is 0 Å². The van der Waals surface area contributed by atoms with Crippen molar-refractivity contribution < 1.29 is 12.8 Å². The van der Waals surface area contributed by atoms with E-state index in [9.17, 15) is 12.8 Å². The quantitative estimate of drug-likeness (QED) is 0.906. The van der Waals surface area contributed by atoms with Gasteiger partial charge in [-0.05, 0) is 24.1 Å². The Bertz CT molecular complexity index is 419. The Labute approximate surface area is 101 Å². The summed E-state index contributed by atoms with van der Waals surface area (Å²) in [5, 5.41) is 0. The SMILES string of the molecule is CS(=O)(=O)c1ccc([C@H](N)CCF)cc1.Cl. The van der Waals surface area contributed by atoms with Gasteiger partial charge in [0.05, 0.1) is 11.6 Å². The fraction of sp³-hybridized carbons (Fsp3) is 0.400. The normalized spacial score (nSPS) is 12.9. The van der Waals surface area contributed by atoms with Gasteiger partial charge in [-0.1, -0.05) is 12.1 Å². The molecular weight excluding hydrogens is 253 g/mol. The molecule has 16 heavy (non-hydrogen) atoms. The smallest absolute Gasteiger partial charge is 0.175 e. The van der Waals surface area contributed by atoms with Crippen LogP contribution in [0, 0.1) is 0 Å². The summed E-state index contributed by atoms with van der Waals surface area (Å²) in [6.07, 6.45) is 1.39. The van der Waals surface area contributed by atoms with Crippen LogP contribution in [0.2, 0.25) is 0 Å². The summed E-state index contributed by atoms with van der Waals surface area (Å²) in [7, 11) is -3.17. The molecule has 0 aliphatic heterocycles. The average Bonchev–Trinajstić information content (AvgIpc) is 2.17. The van der Waals surface area contributed by atoms with Crippen molar-refractivity contribution in [3.05, 3.63) is 29.8 Å². The van der Waals surface area contributed by atoms with Crippen LogP contribution in [0.1, 0.15) is 18.0 Å². The Morgan fingerprint density at radius 1 is 1.31 bits per heavy atom. The predicted molar refractivity (Wildman–Crippen MR) is 64.3 cm³/mol. The Hall–Kier alpha value is -0.650. The molecule has 0 aromatic heterocycles. The number of alkyl halides is 1. The Kier molecular flexibility index (Phi) is 5.92. The first-order valence-electron chi connectivity index (χ1n) is 4.56. The zero-order valence-corrected chi connectivity index (χ0v) is 10.5. The molecule has 0 heterocycles. The second-order valence-corrected chi connectivity index (χ2v) is 5.44. The van der Waals surface area contributed by atoms with Crippen LogP contribution >= 0.6 is 12.4 Å². The van der Waals surface area contributed by atoms with Crippen LogP contribution in [0.15, 0.2) is 29.2 Å². The fourth-order valence-electron chi connectivity index (χ4n) is 1.25. The summed E-state index contributed by atoms with van der Waals surface area (Å²) < 4.78 is 34.3. The van der Waals surface area contributed by atoms with Gasteiger partial charge in [0, 0.05) is 12.3 Å². The lowest BCUT2D eigenvalue weighted by Crippen LogP contribution is -2.11. The van der Waals surface area contributed by atoms with Crippen molar-refractivity contribution >= 4 is 22.2 Å². The zero-order chi connectivity index (χ0) is 11.5. The van der Waals surface area contributed by atoms with E-state index in [1.807, 2.05) is 0 Å². The van der Waals surface area contributed by atoms with E-state index in [4.69, 9.17) is 5.73 Å². The van der Waals surface area contributed by atoms with Crippen molar-refractivity contribution in [1.29, 1.82) is 0 Å². The molecule has 0 saturated heterocycles. The van der Waals surface area contributed by atoms with Gasteiger partial charge < -0.3 is 5.73 Å². The minimum atomic E-state index is -3.17. The lowest BCUT2D eigenvalue weighted by Gasteiger charge is -2.09. The van der Waals surface area contributed by atoms with Crippen LogP contribution in [0.5, 0.6) is 0 Å². The summed E-state index contributed by atoms with van der Waals surface area (Å²) >= 11 is 0. The minimum absolute atomic E-state index is 0. The Balaban J connectivity index is 0.00000225. The second kappa shape index (κ2) is 6.18. The van der Waals surface area contributed by atoms with Gasteiger partial charge >= 0.3 is 0 Å². The molecule has 0 amide bonds. The molecule has 3 nitrogen and oxygen atoms in total. The molecule has 0 aliphatic carbocycles. The number of halogens is 2. The predicted octanol–water partition coefficient (Wildman–Crippen LogP) is 1.87.